The van der Waals surface area contributed by atoms with Crippen LogP contribution in [0.3, 0.4) is 0 Å². The molecule has 78 heavy (non-hydrogen) atoms. The van der Waals surface area contributed by atoms with Gasteiger partial charge in [-0.2, -0.15) is 0 Å². The first-order chi connectivity index (χ1) is 38.6. The summed E-state index contributed by atoms with van der Waals surface area (Å²) in [5, 5.41) is 18.1. The summed E-state index contributed by atoms with van der Waals surface area (Å²) in [6.45, 7) is 13.5. The Labute approximate surface area is 472 Å². The molecule has 0 radical (unpaired) electrons. The zero-order chi connectivity index (χ0) is 58.9. The second-order valence-electron chi connectivity index (χ2n) is 17.8. The Hall–Kier alpha value is -7.36. The van der Waals surface area contributed by atoms with Crippen LogP contribution in [0.1, 0.15) is 140 Å². The van der Waals surface area contributed by atoms with Crippen molar-refractivity contribution in [3.8, 4) is 23.0 Å². The zero-order valence-electron chi connectivity index (χ0n) is 46.5. The molecule has 2 saturated heterocycles. The molecule has 2 heterocycles. The Morgan fingerprint density at radius 2 is 0.987 bits per heavy atom. The van der Waals surface area contributed by atoms with Gasteiger partial charge in [0.1, 0.15) is 35.2 Å². The van der Waals surface area contributed by atoms with Gasteiger partial charge >= 0.3 is 35.8 Å². The molecule has 424 valence electrons. The van der Waals surface area contributed by atoms with Crippen LogP contribution in [-0.4, -0.2) is 90.0 Å². The van der Waals surface area contributed by atoms with E-state index in [1.54, 1.807) is 97.1 Å². The van der Waals surface area contributed by atoms with E-state index in [0.717, 1.165) is 88.2 Å². The molecule has 17 heteroatoms. The number of rotatable bonds is 27. The quantitative estimate of drug-likeness (QED) is 0.0142. The monoisotopic (exact) mass is 1120 g/mol. The van der Waals surface area contributed by atoms with Crippen molar-refractivity contribution in [3.63, 3.8) is 0 Å². The van der Waals surface area contributed by atoms with Crippen molar-refractivity contribution < 1.29 is 76.5 Å². The van der Waals surface area contributed by atoms with Crippen molar-refractivity contribution in [1.82, 2.24) is 0 Å². The third-order valence-corrected chi connectivity index (χ3v) is 11.4. The number of benzene rings is 4. The molecule has 2 N–H and O–H groups in total. The third kappa shape index (κ3) is 27.6. The molecule has 2 fully saturated rings. The molecule has 2 aliphatic rings. The van der Waals surface area contributed by atoms with Crippen LogP contribution in [0.15, 0.2) is 134 Å². The molecular formula is C61H76Cl2O15. The van der Waals surface area contributed by atoms with E-state index in [4.69, 9.17) is 69.5 Å². The number of alkyl halides is 2. The van der Waals surface area contributed by atoms with Crippen LogP contribution in [-0.2, 0) is 38.1 Å². The van der Waals surface area contributed by atoms with Crippen LogP contribution < -0.4 is 14.2 Å². The van der Waals surface area contributed by atoms with Gasteiger partial charge in [-0.3, -0.25) is 0 Å². The minimum absolute atomic E-state index is 0. The molecule has 0 aromatic heterocycles. The Morgan fingerprint density at radius 1 is 0.590 bits per heavy atom. The Kier molecular flexibility index (Phi) is 31.0. The van der Waals surface area contributed by atoms with E-state index in [1.165, 1.54) is 24.3 Å². The summed E-state index contributed by atoms with van der Waals surface area (Å²) in [7, 11) is 0. The van der Waals surface area contributed by atoms with Gasteiger partial charge in [0, 0.05) is 40.5 Å². The lowest BCUT2D eigenvalue weighted by Crippen LogP contribution is -2.08. The van der Waals surface area contributed by atoms with Gasteiger partial charge in [-0.05, 0) is 160 Å². The summed E-state index contributed by atoms with van der Waals surface area (Å²) in [5.74, 6) is -0.688. The Balaban J connectivity index is 0.000000632. The topological polar surface area (TPSA) is 207 Å². The van der Waals surface area contributed by atoms with Gasteiger partial charge in [0.05, 0.1) is 42.9 Å². The summed E-state index contributed by atoms with van der Waals surface area (Å²) in [6, 6.07) is 26.6. The normalized spacial score (nSPS) is 14.5. The van der Waals surface area contributed by atoms with Crippen molar-refractivity contribution in [2.75, 3.05) is 31.8 Å². The first-order valence-electron chi connectivity index (χ1n) is 27.0. The number of halogens is 2. The second kappa shape index (κ2) is 38.2. The van der Waals surface area contributed by atoms with E-state index in [-0.39, 0.29) is 54.2 Å². The molecule has 0 amide bonds. The first kappa shape index (κ1) is 63.2. The van der Waals surface area contributed by atoms with Crippen LogP contribution in [0.4, 0.5) is 0 Å². The van der Waals surface area contributed by atoms with Crippen LogP contribution in [0.2, 0.25) is 0 Å². The number of carboxylic acid groups (broad SMARTS) is 1. The highest BCUT2D eigenvalue weighted by molar-refractivity contribution is 6.40. The van der Waals surface area contributed by atoms with E-state index in [0.29, 0.717) is 73.2 Å². The van der Waals surface area contributed by atoms with Gasteiger partial charge in [0.15, 0.2) is 0 Å². The number of esters is 5. The fourth-order valence-corrected chi connectivity index (χ4v) is 7.11. The van der Waals surface area contributed by atoms with E-state index >= 15 is 0 Å². The first-order valence-corrected chi connectivity index (χ1v) is 27.1. The van der Waals surface area contributed by atoms with E-state index in [1.807, 2.05) is 13.8 Å². The van der Waals surface area contributed by atoms with Gasteiger partial charge in [0.2, 0.25) is 0 Å². The average Bonchev–Trinajstić information content (AvgIpc) is 3.97. The van der Waals surface area contributed by atoms with Crippen molar-refractivity contribution >= 4 is 71.2 Å². The Morgan fingerprint density at radius 3 is 1.37 bits per heavy atom. The predicted molar refractivity (Wildman–Crippen MR) is 305 cm³/mol. The standard InChI is InChI=1S/C30H34O7.C17H20O5.C13H16O3.CH2Cl2.2H2/c1-3-4-19-35-28(31)18-11-23-9-14-26(15-10-23)36-30(33)24-12-16-25(17-13-24)34-20-7-5-6-8-27-21-22(2)29(32)37-27;1-12-11-15(22-17(12)20)5-3-2-4-10-21-14-8-6-13(7-9-14)16(18)19;1-2-3-10-16-13(15)9-6-11-4-7-12(14)8-5-11;2-1-3;;/h9-18,27H,2-8,19-21H2,1H3;6-9,15H,1-5,10-11H2,(H,18,19);4-9,14H,2-3,10H2,1H3;1H2;2*1H/b18-11+;;9-6+;;;/i;;;;1+1D;1+1. The molecule has 4 aromatic rings. The van der Waals surface area contributed by atoms with Crippen molar-refractivity contribution in [2.24, 2.45) is 0 Å². The molecule has 2 aliphatic heterocycles. The highest BCUT2D eigenvalue weighted by atomic mass is 35.5. The Bertz CT molecular complexity index is 2520. The highest BCUT2D eigenvalue weighted by Crippen LogP contribution is 2.25. The molecular weight excluding hydrogens is 1040 g/mol. The lowest BCUT2D eigenvalue weighted by molar-refractivity contribution is -0.140. The van der Waals surface area contributed by atoms with E-state index in [2.05, 4.69) is 13.2 Å². The van der Waals surface area contributed by atoms with Crippen LogP contribution in [0, 0.1) is 0 Å². The molecule has 0 bridgehead atoms. The number of phenolic OH excluding ortho intramolecular Hbond substituents is 1. The number of aromatic hydroxyl groups is 1. The smallest absolute Gasteiger partial charge is 0.343 e. The van der Waals surface area contributed by atoms with Crippen LogP contribution in [0.5, 0.6) is 23.0 Å². The van der Waals surface area contributed by atoms with Crippen molar-refractivity contribution in [1.29, 1.82) is 0 Å². The maximum Gasteiger partial charge on any atom is 0.343 e. The number of phenols is 1. The second-order valence-corrected chi connectivity index (χ2v) is 18.6. The predicted octanol–water partition coefficient (Wildman–Crippen LogP) is 13.9. The number of carbonyl (C=O) groups is 6. The minimum Gasteiger partial charge on any atom is -0.508 e. The SMILES string of the molecule is C=C1CC(CCCCCOc2ccc(C(=O)O)cc2)OC1=O.C=C1CC(CCCCCOc2ccc(C(=O)Oc3ccc(/C=C/C(=O)OCCCC)cc3)cc2)OC1=O.CCCCOC(=O)/C=C/c1ccc(O)cc1.ClCCl.[2HH].[2H][2H]. The number of unbranched alkanes of at least 4 members (excludes halogenated alkanes) is 6. The minimum atomic E-state index is -0.943. The maximum atomic E-state index is 12.5. The molecule has 0 saturated carbocycles. The molecule has 2 atom stereocenters. The van der Waals surface area contributed by atoms with Crippen LogP contribution >= 0.6 is 23.2 Å². The summed E-state index contributed by atoms with van der Waals surface area (Å²) in [4.78, 5) is 68.5. The molecule has 15 nitrogen and oxygen atoms in total. The number of aromatic carboxylic acids is 1. The summed E-state index contributed by atoms with van der Waals surface area (Å²) < 4.78 is 47.2. The largest absolute Gasteiger partial charge is 0.508 e. The number of ether oxygens (including phenoxy) is 7. The van der Waals surface area contributed by atoms with Crippen molar-refractivity contribution in [3.05, 3.63) is 156 Å². The van der Waals surface area contributed by atoms with E-state index in [9.17, 15) is 28.8 Å². The third-order valence-electron chi connectivity index (χ3n) is 11.4. The fourth-order valence-electron chi connectivity index (χ4n) is 7.11. The molecule has 2 unspecified atom stereocenters. The summed E-state index contributed by atoms with van der Waals surface area (Å²) in [6.07, 6.45) is 18.4. The summed E-state index contributed by atoms with van der Waals surface area (Å²) in [5.41, 5.74) is 3.44. The van der Waals surface area contributed by atoms with Gasteiger partial charge in [-0.15, -0.1) is 23.2 Å². The van der Waals surface area contributed by atoms with Gasteiger partial charge in [0.25, 0.3) is 0 Å². The van der Waals surface area contributed by atoms with E-state index < -0.39 is 11.9 Å². The number of cyclic esters (lactones) is 2. The fraction of sp³-hybridized carbons (Fsp3) is 0.377. The average molecular weight is 1120 g/mol. The molecule has 6 rings (SSSR count). The maximum absolute atomic E-state index is 12.5. The number of carboxylic acids is 1. The lowest BCUT2D eigenvalue weighted by atomic mass is 10.1. The van der Waals surface area contributed by atoms with Gasteiger partial charge in [-0.25, -0.2) is 28.8 Å². The highest BCUT2D eigenvalue weighted by Gasteiger charge is 2.27. The van der Waals surface area contributed by atoms with Crippen molar-refractivity contribution in [2.45, 2.75) is 116 Å². The number of carbonyl (C=O) groups excluding carboxylic acids is 5. The van der Waals surface area contributed by atoms with Gasteiger partial charge in [-0.1, -0.05) is 64.1 Å². The number of hydrogen-bond donors (Lipinski definition) is 2. The summed E-state index contributed by atoms with van der Waals surface area (Å²) >= 11 is 9.53. The van der Waals surface area contributed by atoms with Crippen LogP contribution in [0.25, 0.3) is 12.2 Å². The lowest BCUT2D eigenvalue weighted by Gasteiger charge is -2.09. The van der Waals surface area contributed by atoms with Gasteiger partial charge < -0.3 is 43.4 Å². The zero-order valence-corrected chi connectivity index (χ0v) is 46.0. The molecule has 0 spiro atoms. The number of hydrogen-bond acceptors (Lipinski definition) is 14. The molecule has 4 aromatic carbocycles. The molecule has 0 aliphatic carbocycles.